The number of Topliss-reactive ketones (excluding diaryl/α,β-unsaturated/α-hetero) is 1. The van der Waals surface area contributed by atoms with E-state index < -0.39 is 10.0 Å². The average molecular weight is 455 g/mol. The maximum atomic E-state index is 12.7. The number of hydrogen-bond acceptors (Lipinski definition) is 5. The molecule has 1 unspecified atom stereocenters. The van der Waals surface area contributed by atoms with Crippen LogP contribution in [0.3, 0.4) is 0 Å². The number of benzene rings is 2. The number of likely N-dealkylation sites (tertiary alicyclic amines) is 1. The molecule has 2 aromatic carbocycles. The highest BCUT2D eigenvalue weighted by molar-refractivity contribution is 7.89. The van der Waals surface area contributed by atoms with Crippen LogP contribution in [0, 0.1) is 0 Å². The van der Waals surface area contributed by atoms with E-state index in [1.807, 2.05) is 24.3 Å². The van der Waals surface area contributed by atoms with Crippen LogP contribution in [-0.4, -0.2) is 54.6 Å². The molecule has 0 saturated carbocycles. The molecule has 0 aliphatic carbocycles. The molecule has 0 spiro atoms. The minimum absolute atomic E-state index is 0.0153. The zero-order valence-corrected chi connectivity index (χ0v) is 18.7. The number of sulfonamides is 1. The third-order valence-electron chi connectivity index (χ3n) is 5.77. The van der Waals surface area contributed by atoms with Crippen LogP contribution >= 0.6 is 0 Å². The van der Waals surface area contributed by atoms with Crippen molar-refractivity contribution < 1.29 is 18.0 Å². The zero-order valence-electron chi connectivity index (χ0n) is 17.9. The zero-order chi connectivity index (χ0) is 22.7. The molecule has 1 atom stereocenters. The Morgan fingerprint density at radius 3 is 2.62 bits per heavy atom. The van der Waals surface area contributed by atoms with E-state index in [0.29, 0.717) is 18.7 Å². The highest BCUT2D eigenvalue weighted by Crippen LogP contribution is 2.27. The molecule has 168 valence electrons. The molecule has 32 heavy (non-hydrogen) atoms. The van der Waals surface area contributed by atoms with Gasteiger partial charge in [-0.15, -0.1) is 0 Å². The van der Waals surface area contributed by atoms with Crippen molar-refractivity contribution in [1.82, 2.24) is 19.6 Å². The lowest BCUT2D eigenvalue weighted by Crippen LogP contribution is -2.40. The van der Waals surface area contributed by atoms with Crippen molar-refractivity contribution in [1.29, 1.82) is 0 Å². The van der Waals surface area contributed by atoms with Crippen LogP contribution in [0.2, 0.25) is 0 Å². The summed E-state index contributed by atoms with van der Waals surface area (Å²) in [4.78, 5) is 33.9. The molecule has 1 aliphatic rings. The third kappa shape index (κ3) is 4.89. The number of amides is 1. The van der Waals surface area contributed by atoms with E-state index in [0.717, 1.165) is 29.7 Å². The first-order valence-electron chi connectivity index (χ1n) is 10.7. The van der Waals surface area contributed by atoms with E-state index in [2.05, 4.69) is 14.7 Å². The second kappa shape index (κ2) is 9.22. The van der Waals surface area contributed by atoms with Crippen molar-refractivity contribution in [3.05, 3.63) is 59.9 Å². The number of hydrogen-bond donors (Lipinski definition) is 2. The normalized spacial score (nSPS) is 16.9. The highest BCUT2D eigenvalue weighted by atomic mass is 32.2. The van der Waals surface area contributed by atoms with Gasteiger partial charge in [-0.2, -0.15) is 0 Å². The number of piperidine rings is 1. The van der Waals surface area contributed by atoms with E-state index >= 15 is 0 Å². The standard InChI is InChI=1S/C23H26N4O4S/c1-16(28)17-8-10-19(11-9-17)32(30,31)24-13-12-22(29)27-14-4-5-18(15-27)23-25-20-6-2-3-7-21(20)26-23/h2-3,6-11,18,24H,4-5,12-15H2,1H3,(H,25,26). The van der Waals surface area contributed by atoms with Gasteiger partial charge < -0.3 is 9.88 Å². The van der Waals surface area contributed by atoms with Gasteiger partial charge in [-0.25, -0.2) is 18.1 Å². The molecular weight excluding hydrogens is 428 g/mol. The maximum absolute atomic E-state index is 12.7. The van der Waals surface area contributed by atoms with Crippen LogP contribution < -0.4 is 4.72 Å². The molecule has 2 N–H and O–H groups in total. The first-order chi connectivity index (χ1) is 15.3. The Balaban J connectivity index is 1.32. The molecule has 8 nitrogen and oxygen atoms in total. The molecule has 1 fully saturated rings. The molecule has 1 amide bonds. The van der Waals surface area contributed by atoms with E-state index in [1.54, 1.807) is 4.90 Å². The van der Waals surface area contributed by atoms with E-state index in [4.69, 9.17) is 0 Å². The van der Waals surface area contributed by atoms with Crippen LogP contribution in [0.4, 0.5) is 0 Å². The number of carbonyl (C=O) groups excluding carboxylic acids is 2. The number of nitrogens with zero attached hydrogens (tertiary/aromatic N) is 2. The van der Waals surface area contributed by atoms with Crippen molar-refractivity contribution in [3.63, 3.8) is 0 Å². The summed E-state index contributed by atoms with van der Waals surface area (Å²) in [5, 5.41) is 0. The van der Waals surface area contributed by atoms with Crippen LogP contribution in [0.15, 0.2) is 53.4 Å². The predicted molar refractivity (Wildman–Crippen MR) is 121 cm³/mol. The summed E-state index contributed by atoms with van der Waals surface area (Å²) in [5.41, 5.74) is 2.34. The largest absolute Gasteiger partial charge is 0.342 e. The first-order valence-corrected chi connectivity index (χ1v) is 12.1. The lowest BCUT2D eigenvalue weighted by atomic mass is 9.97. The van der Waals surface area contributed by atoms with Crippen molar-refractivity contribution in [2.75, 3.05) is 19.6 Å². The lowest BCUT2D eigenvalue weighted by molar-refractivity contribution is -0.132. The molecule has 0 bridgehead atoms. The van der Waals surface area contributed by atoms with Gasteiger partial charge >= 0.3 is 0 Å². The number of nitrogens with one attached hydrogen (secondary N) is 2. The van der Waals surface area contributed by atoms with Gasteiger partial charge in [0.05, 0.1) is 15.9 Å². The van der Waals surface area contributed by atoms with Crippen molar-refractivity contribution in [3.8, 4) is 0 Å². The van der Waals surface area contributed by atoms with Crippen LogP contribution in [0.1, 0.15) is 48.3 Å². The van der Waals surface area contributed by atoms with E-state index in [-0.39, 0.29) is 35.5 Å². The quantitative estimate of drug-likeness (QED) is 0.533. The summed E-state index contributed by atoms with van der Waals surface area (Å²) in [5.74, 6) is 0.811. The van der Waals surface area contributed by atoms with Gasteiger partial charge in [0.25, 0.3) is 0 Å². The smallest absolute Gasteiger partial charge is 0.240 e. The number of H-pyrrole nitrogens is 1. The van der Waals surface area contributed by atoms with Gasteiger partial charge in [0.1, 0.15) is 5.82 Å². The van der Waals surface area contributed by atoms with Gasteiger partial charge in [-0.05, 0) is 44.0 Å². The molecule has 2 heterocycles. The summed E-state index contributed by atoms with van der Waals surface area (Å²) in [6.45, 7) is 2.67. The molecule has 1 aromatic heterocycles. The Morgan fingerprint density at radius 2 is 1.91 bits per heavy atom. The van der Waals surface area contributed by atoms with Crippen molar-refractivity contribution in [2.45, 2.75) is 37.0 Å². The first kappa shape index (κ1) is 22.2. The number of carbonyl (C=O) groups is 2. The SMILES string of the molecule is CC(=O)c1ccc(S(=O)(=O)NCCC(=O)N2CCCC(c3nc4ccccc4[nH]3)C2)cc1. The summed E-state index contributed by atoms with van der Waals surface area (Å²) in [6.07, 6.45) is 1.91. The van der Waals surface area contributed by atoms with Gasteiger partial charge in [-0.1, -0.05) is 24.3 Å². The van der Waals surface area contributed by atoms with E-state index in [1.165, 1.54) is 31.2 Å². The monoisotopic (exact) mass is 454 g/mol. The average Bonchev–Trinajstić information content (AvgIpc) is 3.23. The number of fused-ring (bicyclic) bond motifs is 1. The predicted octanol–water partition coefficient (Wildman–Crippen LogP) is 2.84. The third-order valence-corrected chi connectivity index (χ3v) is 7.25. The Hall–Kier alpha value is -3.04. The molecular formula is C23H26N4O4S. The molecule has 9 heteroatoms. The van der Waals surface area contributed by atoms with Gasteiger partial charge in [0.2, 0.25) is 15.9 Å². The van der Waals surface area contributed by atoms with Crippen LogP contribution in [0.25, 0.3) is 11.0 Å². The van der Waals surface area contributed by atoms with E-state index in [9.17, 15) is 18.0 Å². The Morgan fingerprint density at radius 1 is 1.16 bits per heavy atom. The van der Waals surface area contributed by atoms with Crippen LogP contribution in [0.5, 0.6) is 0 Å². The number of imidazole rings is 1. The Kier molecular flexibility index (Phi) is 6.38. The summed E-state index contributed by atoms with van der Waals surface area (Å²) >= 11 is 0. The fourth-order valence-electron chi connectivity index (χ4n) is 4.00. The molecule has 0 radical (unpaired) electrons. The Bertz CT molecular complexity index is 1200. The van der Waals surface area contributed by atoms with Crippen molar-refractivity contribution in [2.24, 2.45) is 0 Å². The minimum atomic E-state index is -3.74. The number of aromatic nitrogens is 2. The Labute approximate surface area is 187 Å². The summed E-state index contributed by atoms with van der Waals surface area (Å²) < 4.78 is 27.4. The van der Waals surface area contributed by atoms with Gasteiger partial charge in [-0.3, -0.25) is 9.59 Å². The second-order valence-electron chi connectivity index (χ2n) is 8.05. The number of aromatic amines is 1. The van der Waals surface area contributed by atoms with Gasteiger partial charge in [0.15, 0.2) is 5.78 Å². The molecule has 4 rings (SSSR count). The van der Waals surface area contributed by atoms with Gasteiger partial charge in [0, 0.05) is 37.5 Å². The number of rotatable bonds is 7. The summed E-state index contributed by atoms with van der Waals surface area (Å²) in [6, 6.07) is 13.6. The molecule has 1 saturated heterocycles. The fourth-order valence-corrected chi connectivity index (χ4v) is 5.03. The lowest BCUT2D eigenvalue weighted by Gasteiger charge is -2.32. The number of para-hydroxylation sites is 2. The molecule has 3 aromatic rings. The van der Waals surface area contributed by atoms with Crippen molar-refractivity contribution >= 4 is 32.7 Å². The highest BCUT2D eigenvalue weighted by Gasteiger charge is 2.27. The number of ketones is 1. The topological polar surface area (TPSA) is 112 Å². The summed E-state index contributed by atoms with van der Waals surface area (Å²) in [7, 11) is -3.74. The second-order valence-corrected chi connectivity index (χ2v) is 9.81. The maximum Gasteiger partial charge on any atom is 0.240 e. The molecule has 1 aliphatic heterocycles. The van der Waals surface area contributed by atoms with Crippen LogP contribution in [-0.2, 0) is 14.8 Å². The fraction of sp³-hybridized carbons (Fsp3) is 0.348. The minimum Gasteiger partial charge on any atom is -0.342 e.